The highest BCUT2D eigenvalue weighted by molar-refractivity contribution is 5.55. The first-order valence-electron chi connectivity index (χ1n) is 6.91. The van der Waals surface area contributed by atoms with Crippen LogP contribution in [0.25, 0.3) is 0 Å². The first-order valence-corrected chi connectivity index (χ1v) is 6.91. The Hall–Kier alpha value is -1.06. The number of β-amino-alcohol motifs (C(OH)–C–C–N with tert-alkyl or cyclic N) is 1. The molecule has 0 aliphatic carbocycles. The van der Waals surface area contributed by atoms with Crippen molar-refractivity contribution in [3.05, 3.63) is 29.8 Å². The zero-order valence-electron chi connectivity index (χ0n) is 11.3. The number of aliphatic hydroxyl groups excluding tert-OH is 1. The highest BCUT2D eigenvalue weighted by atomic mass is 16.3. The van der Waals surface area contributed by atoms with Crippen molar-refractivity contribution < 1.29 is 5.11 Å². The number of nitrogens with two attached hydrogens (primary N) is 1. The van der Waals surface area contributed by atoms with E-state index in [4.69, 9.17) is 5.73 Å². The predicted octanol–water partition coefficient (Wildman–Crippen LogP) is 2.30. The number of nitrogens with zero attached hydrogens (tertiary/aromatic N) is 1. The Morgan fingerprint density at radius 3 is 2.83 bits per heavy atom. The van der Waals surface area contributed by atoms with Crippen molar-refractivity contribution in [2.45, 2.75) is 38.8 Å². The molecule has 0 amide bonds. The number of hydrogen-bond acceptors (Lipinski definition) is 3. The van der Waals surface area contributed by atoms with Crippen LogP contribution >= 0.6 is 0 Å². The van der Waals surface area contributed by atoms with Crippen LogP contribution in [0.2, 0.25) is 0 Å². The van der Waals surface area contributed by atoms with E-state index in [0.29, 0.717) is 12.5 Å². The average Bonchev–Trinajstić information content (AvgIpc) is 2.41. The quantitative estimate of drug-likeness (QED) is 0.863. The standard InChI is InChI=1S/C15H24N2O/c1-3-13(16)12-6-4-5-7-14(12)17-9-8-11(2)15(18)10-17/h4-7,11,13,15,18H,3,8-10,16H2,1-2H3/t11?,13-,15?/m1/s1. The molecule has 2 rings (SSSR count). The van der Waals surface area contributed by atoms with Crippen molar-refractivity contribution in [2.75, 3.05) is 18.0 Å². The van der Waals surface area contributed by atoms with Gasteiger partial charge in [0.1, 0.15) is 0 Å². The Kier molecular flexibility index (Phi) is 4.25. The van der Waals surface area contributed by atoms with Gasteiger partial charge in [0.05, 0.1) is 6.10 Å². The smallest absolute Gasteiger partial charge is 0.0741 e. The van der Waals surface area contributed by atoms with Crippen molar-refractivity contribution in [2.24, 2.45) is 11.7 Å². The van der Waals surface area contributed by atoms with Gasteiger partial charge in [-0.3, -0.25) is 0 Å². The van der Waals surface area contributed by atoms with Gasteiger partial charge in [-0.2, -0.15) is 0 Å². The molecule has 3 atom stereocenters. The van der Waals surface area contributed by atoms with Gasteiger partial charge in [-0.1, -0.05) is 32.0 Å². The van der Waals surface area contributed by atoms with Crippen LogP contribution < -0.4 is 10.6 Å². The summed E-state index contributed by atoms with van der Waals surface area (Å²) in [5, 5.41) is 10.0. The summed E-state index contributed by atoms with van der Waals surface area (Å²) in [7, 11) is 0. The number of aliphatic hydroxyl groups is 1. The van der Waals surface area contributed by atoms with E-state index in [1.165, 1.54) is 11.3 Å². The lowest BCUT2D eigenvalue weighted by Crippen LogP contribution is -2.43. The predicted molar refractivity (Wildman–Crippen MR) is 75.7 cm³/mol. The third kappa shape index (κ3) is 2.68. The van der Waals surface area contributed by atoms with Gasteiger partial charge in [-0.05, 0) is 30.4 Å². The van der Waals surface area contributed by atoms with E-state index >= 15 is 0 Å². The summed E-state index contributed by atoms with van der Waals surface area (Å²) in [5.74, 6) is 0.397. The van der Waals surface area contributed by atoms with Crippen molar-refractivity contribution in [3.63, 3.8) is 0 Å². The summed E-state index contributed by atoms with van der Waals surface area (Å²) in [6.45, 7) is 5.94. The third-order valence-electron chi connectivity index (χ3n) is 4.04. The molecule has 0 aromatic heterocycles. The van der Waals surface area contributed by atoms with E-state index in [9.17, 15) is 5.11 Å². The van der Waals surface area contributed by atoms with Gasteiger partial charge in [-0.15, -0.1) is 0 Å². The zero-order valence-corrected chi connectivity index (χ0v) is 11.3. The van der Waals surface area contributed by atoms with Crippen LogP contribution in [0.1, 0.15) is 38.3 Å². The monoisotopic (exact) mass is 248 g/mol. The molecule has 2 unspecified atom stereocenters. The molecule has 1 heterocycles. The lowest BCUT2D eigenvalue weighted by molar-refractivity contribution is 0.103. The Morgan fingerprint density at radius 2 is 2.17 bits per heavy atom. The first-order chi connectivity index (χ1) is 8.63. The van der Waals surface area contributed by atoms with Gasteiger partial charge in [0.25, 0.3) is 0 Å². The van der Waals surface area contributed by atoms with Gasteiger partial charge in [0, 0.05) is 24.8 Å². The van der Waals surface area contributed by atoms with Crippen LogP contribution in [0.3, 0.4) is 0 Å². The molecule has 1 aliphatic rings. The molecule has 0 bridgehead atoms. The number of rotatable bonds is 3. The maximum absolute atomic E-state index is 10.0. The summed E-state index contributed by atoms with van der Waals surface area (Å²) < 4.78 is 0. The van der Waals surface area contributed by atoms with Crippen molar-refractivity contribution in [3.8, 4) is 0 Å². The number of hydrogen-bond donors (Lipinski definition) is 2. The molecule has 100 valence electrons. The molecule has 3 N–H and O–H groups in total. The summed E-state index contributed by atoms with van der Waals surface area (Å²) in [5.41, 5.74) is 8.56. The summed E-state index contributed by atoms with van der Waals surface area (Å²) >= 11 is 0. The highest BCUT2D eigenvalue weighted by Gasteiger charge is 2.26. The van der Waals surface area contributed by atoms with Crippen molar-refractivity contribution >= 4 is 5.69 Å². The fraction of sp³-hybridized carbons (Fsp3) is 0.600. The third-order valence-corrected chi connectivity index (χ3v) is 4.04. The fourth-order valence-corrected chi connectivity index (χ4v) is 2.58. The lowest BCUT2D eigenvalue weighted by Gasteiger charge is -2.37. The highest BCUT2D eigenvalue weighted by Crippen LogP contribution is 2.30. The molecule has 1 aromatic rings. The Balaban J connectivity index is 2.22. The molecule has 1 aromatic carbocycles. The second-order valence-corrected chi connectivity index (χ2v) is 5.35. The Labute approximate surface area is 110 Å². The lowest BCUT2D eigenvalue weighted by atomic mass is 9.94. The average molecular weight is 248 g/mol. The molecule has 1 aliphatic heterocycles. The Morgan fingerprint density at radius 1 is 1.44 bits per heavy atom. The molecule has 0 saturated carbocycles. The maximum Gasteiger partial charge on any atom is 0.0741 e. The number of para-hydroxylation sites is 1. The maximum atomic E-state index is 10.0. The number of benzene rings is 1. The minimum atomic E-state index is -0.232. The van der Waals surface area contributed by atoms with Crippen LogP contribution in [-0.4, -0.2) is 24.3 Å². The van der Waals surface area contributed by atoms with Crippen LogP contribution in [-0.2, 0) is 0 Å². The van der Waals surface area contributed by atoms with Crippen LogP contribution in [0.4, 0.5) is 5.69 Å². The molecular weight excluding hydrogens is 224 g/mol. The van der Waals surface area contributed by atoms with Crippen LogP contribution in [0, 0.1) is 5.92 Å². The normalized spacial score (nSPS) is 26.1. The molecule has 18 heavy (non-hydrogen) atoms. The van der Waals surface area contributed by atoms with Gasteiger partial charge in [-0.25, -0.2) is 0 Å². The molecule has 0 radical (unpaired) electrons. The minimum Gasteiger partial charge on any atom is -0.391 e. The summed E-state index contributed by atoms with van der Waals surface area (Å²) in [4.78, 5) is 2.27. The second kappa shape index (κ2) is 5.72. The Bertz CT molecular complexity index is 394. The van der Waals surface area contributed by atoms with E-state index in [2.05, 4.69) is 30.9 Å². The van der Waals surface area contributed by atoms with Crippen LogP contribution in [0.15, 0.2) is 24.3 Å². The fourth-order valence-electron chi connectivity index (χ4n) is 2.58. The van der Waals surface area contributed by atoms with E-state index in [-0.39, 0.29) is 12.1 Å². The second-order valence-electron chi connectivity index (χ2n) is 5.35. The minimum absolute atomic E-state index is 0.0812. The summed E-state index contributed by atoms with van der Waals surface area (Å²) in [6, 6.07) is 8.39. The van der Waals surface area contributed by atoms with Gasteiger partial charge in [0.15, 0.2) is 0 Å². The van der Waals surface area contributed by atoms with E-state index in [1.807, 2.05) is 12.1 Å². The molecule has 3 heteroatoms. The van der Waals surface area contributed by atoms with E-state index in [1.54, 1.807) is 0 Å². The SMILES string of the molecule is CC[C@@H](N)c1ccccc1N1CCC(C)C(O)C1. The molecule has 1 fully saturated rings. The molecule has 1 saturated heterocycles. The van der Waals surface area contributed by atoms with Crippen LogP contribution in [0.5, 0.6) is 0 Å². The van der Waals surface area contributed by atoms with Crippen molar-refractivity contribution in [1.82, 2.24) is 0 Å². The van der Waals surface area contributed by atoms with E-state index in [0.717, 1.165) is 19.4 Å². The molecule has 0 spiro atoms. The van der Waals surface area contributed by atoms with Crippen molar-refractivity contribution in [1.29, 1.82) is 0 Å². The van der Waals surface area contributed by atoms with Gasteiger partial charge < -0.3 is 15.7 Å². The number of piperidine rings is 1. The van der Waals surface area contributed by atoms with Gasteiger partial charge >= 0.3 is 0 Å². The van der Waals surface area contributed by atoms with E-state index < -0.39 is 0 Å². The largest absolute Gasteiger partial charge is 0.391 e. The number of anilines is 1. The topological polar surface area (TPSA) is 49.5 Å². The molecule has 3 nitrogen and oxygen atoms in total. The first kappa shape index (κ1) is 13.4. The molecular formula is C15H24N2O. The zero-order chi connectivity index (χ0) is 13.1. The summed E-state index contributed by atoms with van der Waals surface area (Å²) in [6.07, 6.45) is 1.74. The van der Waals surface area contributed by atoms with Gasteiger partial charge in [0.2, 0.25) is 0 Å².